The molecular weight excluding hydrogens is 216 g/mol. The van der Waals surface area contributed by atoms with Crippen LogP contribution in [-0.2, 0) is 6.54 Å². The molecule has 0 spiro atoms. The maximum atomic E-state index is 3.76. The number of nitrogens with zero attached hydrogens (tertiary/aromatic N) is 1. The summed E-state index contributed by atoms with van der Waals surface area (Å²) in [4.78, 5) is 4.11. The maximum absolute atomic E-state index is 3.76. The Morgan fingerprint density at radius 2 is 2.25 bits per heavy atom. The molecule has 1 atom stereocenters. The highest BCUT2D eigenvalue weighted by Crippen LogP contribution is 2.23. The smallest absolute Gasteiger partial charge is 0.0328 e. The van der Waals surface area contributed by atoms with Crippen LogP contribution in [-0.4, -0.2) is 30.1 Å². The van der Waals surface area contributed by atoms with Crippen LogP contribution in [0.5, 0.6) is 0 Å². The Labute approximate surface area is 102 Å². The van der Waals surface area contributed by atoms with Crippen LogP contribution >= 0.6 is 11.3 Å². The monoisotopic (exact) mass is 236 g/mol. The van der Waals surface area contributed by atoms with E-state index in [4.69, 9.17) is 0 Å². The van der Waals surface area contributed by atoms with Crippen molar-refractivity contribution in [1.82, 2.24) is 10.2 Å². The van der Waals surface area contributed by atoms with Crippen LogP contribution in [0.2, 0.25) is 0 Å². The minimum atomic E-state index is 0.751. The molecule has 3 heteroatoms. The van der Waals surface area contributed by atoms with Crippen LogP contribution in [0.3, 0.4) is 0 Å². The molecule has 2 fully saturated rings. The third kappa shape index (κ3) is 2.84. The summed E-state index contributed by atoms with van der Waals surface area (Å²) in [7, 11) is 0. The van der Waals surface area contributed by atoms with Crippen molar-refractivity contribution >= 4 is 11.3 Å². The van der Waals surface area contributed by atoms with Crippen molar-refractivity contribution < 1.29 is 0 Å². The van der Waals surface area contributed by atoms with Gasteiger partial charge in [-0.1, -0.05) is 6.07 Å². The van der Waals surface area contributed by atoms with Crippen molar-refractivity contribution in [1.29, 1.82) is 0 Å². The standard InChI is InChI=1S/C13H20N2S/c1-3-12(14-11-5-6-11)9-15(7-1)10-13-4-2-8-16-13/h2,4,8,11-12,14H,1,3,5-7,9-10H2. The lowest BCUT2D eigenvalue weighted by atomic mass is 10.1. The lowest BCUT2D eigenvalue weighted by Crippen LogP contribution is -2.45. The second kappa shape index (κ2) is 4.86. The van der Waals surface area contributed by atoms with Crippen molar-refractivity contribution in [3.63, 3.8) is 0 Å². The summed E-state index contributed by atoms with van der Waals surface area (Å²) in [6.07, 6.45) is 5.54. The number of rotatable bonds is 4. The zero-order valence-corrected chi connectivity index (χ0v) is 10.5. The van der Waals surface area contributed by atoms with Crippen molar-refractivity contribution in [2.45, 2.75) is 44.3 Å². The van der Waals surface area contributed by atoms with E-state index < -0.39 is 0 Å². The second-order valence-electron chi connectivity index (χ2n) is 5.09. The maximum Gasteiger partial charge on any atom is 0.0328 e. The van der Waals surface area contributed by atoms with E-state index in [0.717, 1.165) is 18.6 Å². The minimum absolute atomic E-state index is 0.751. The Morgan fingerprint density at radius 1 is 1.31 bits per heavy atom. The normalized spacial score (nSPS) is 27.1. The van der Waals surface area contributed by atoms with Crippen LogP contribution in [0.15, 0.2) is 17.5 Å². The molecule has 0 radical (unpaired) electrons. The molecule has 1 aromatic rings. The van der Waals surface area contributed by atoms with Gasteiger partial charge in [0.2, 0.25) is 0 Å². The number of nitrogens with one attached hydrogen (secondary N) is 1. The summed E-state index contributed by atoms with van der Waals surface area (Å²) >= 11 is 1.88. The average Bonchev–Trinajstić information content (AvgIpc) is 2.94. The summed E-state index contributed by atoms with van der Waals surface area (Å²) < 4.78 is 0. The molecule has 2 heterocycles. The lowest BCUT2D eigenvalue weighted by Gasteiger charge is -2.33. The number of hydrogen-bond donors (Lipinski definition) is 1. The first kappa shape index (κ1) is 10.8. The molecule has 2 aliphatic rings. The van der Waals surface area contributed by atoms with Gasteiger partial charge in [0.1, 0.15) is 0 Å². The van der Waals surface area contributed by atoms with E-state index in [0.29, 0.717) is 0 Å². The van der Waals surface area contributed by atoms with Crippen molar-refractivity contribution in [2.24, 2.45) is 0 Å². The first-order valence-electron chi connectivity index (χ1n) is 6.41. The molecule has 1 N–H and O–H groups in total. The minimum Gasteiger partial charge on any atom is -0.310 e. The number of piperidine rings is 1. The predicted octanol–water partition coefficient (Wildman–Crippen LogP) is 2.46. The van der Waals surface area contributed by atoms with Gasteiger partial charge in [-0.15, -0.1) is 11.3 Å². The molecule has 1 saturated heterocycles. The molecule has 0 aromatic carbocycles. The molecular formula is C13H20N2S. The van der Waals surface area contributed by atoms with Gasteiger partial charge in [-0.2, -0.15) is 0 Å². The average molecular weight is 236 g/mol. The lowest BCUT2D eigenvalue weighted by molar-refractivity contribution is 0.184. The first-order chi connectivity index (χ1) is 7.90. The van der Waals surface area contributed by atoms with Gasteiger partial charge in [-0.05, 0) is 43.7 Å². The van der Waals surface area contributed by atoms with Gasteiger partial charge in [-0.25, -0.2) is 0 Å². The van der Waals surface area contributed by atoms with E-state index in [9.17, 15) is 0 Å². The molecule has 1 unspecified atom stereocenters. The highest BCUT2D eigenvalue weighted by molar-refractivity contribution is 7.09. The Hall–Kier alpha value is -0.380. The highest BCUT2D eigenvalue weighted by Gasteiger charge is 2.27. The number of likely N-dealkylation sites (tertiary alicyclic amines) is 1. The molecule has 1 aromatic heterocycles. The van der Waals surface area contributed by atoms with Crippen molar-refractivity contribution in [3.8, 4) is 0 Å². The van der Waals surface area contributed by atoms with Gasteiger partial charge < -0.3 is 5.32 Å². The molecule has 1 saturated carbocycles. The molecule has 0 amide bonds. The van der Waals surface area contributed by atoms with Gasteiger partial charge in [0, 0.05) is 30.1 Å². The van der Waals surface area contributed by atoms with E-state index in [1.807, 2.05) is 11.3 Å². The third-order valence-corrected chi connectivity index (χ3v) is 4.37. The molecule has 3 rings (SSSR count). The molecule has 1 aliphatic heterocycles. The van der Waals surface area contributed by atoms with Gasteiger partial charge in [0.25, 0.3) is 0 Å². The third-order valence-electron chi connectivity index (χ3n) is 3.51. The number of thiophene rings is 1. The fraction of sp³-hybridized carbons (Fsp3) is 0.692. The Bertz CT molecular complexity index is 319. The fourth-order valence-electron chi connectivity index (χ4n) is 2.54. The summed E-state index contributed by atoms with van der Waals surface area (Å²) in [5, 5.41) is 5.94. The summed E-state index contributed by atoms with van der Waals surface area (Å²) in [5.74, 6) is 0. The topological polar surface area (TPSA) is 15.3 Å². The number of hydrogen-bond acceptors (Lipinski definition) is 3. The van der Waals surface area contributed by atoms with Gasteiger partial charge in [-0.3, -0.25) is 4.90 Å². The Morgan fingerprint density at radius 3 is 3.00 bits per heavy atom. The van der Waals surface area contributed by atoms with Crippen LogP contribution in [0.4, 0.5) is 0 Å². The first-order valence-corrected chi connectivity index (χ1v) is 7.29. The Balaban J connectivity index is 1.51. The van der Waals surface area contributed by atoms with E-state index in [2.05, 4.69) is 27.7 Å². The van der Waals surface area contributed by atoms with Crippen molar-refractivity contribution in [2.75, 3.05) is 13.1 Å². The van der Waals surface area contributed by atoms with Gasteiger partial charge >= 0.3 is 0 Å². The Kier molecular flexibility index (Phi) is 3.27. The van der Waals surface area contributed by atoms with Crippen LogP contribution < -0.4 is 5.32 Å². The quantitative estimate of drug-likeness (QED) is 0.864. The molecule has 88 valence electrons. The molecule has 2 nitrogen and oxygen atoms in total. The fourth-order valence-corrected chi connectivity index (χ4v) is 3.29. The van der Waals surface area contributed by atoms with Crippen LogP contribution in [0.1, 0.15) is 30.6 Å². The van der Waals surface area contributed by atoms with Crippen LogP contribution in [0, 0.1) is 0 Å². The highest BCUT2D eigenvalue weighted by atomic mass is 32.1. The van der Waals surface area contributed by atoms with E-state index >= 15 is 0 Å². The van der Waals surface area contributed by atoms with E-state index in [-0.39, 0.29) is 0 Å². The SMILES string of the molecule is c1csc(CN2CCCC(NC3CC3)C2)c1. The summed E-state index contributed by atoms with van der Waals surface area (Å²) in [6, 6.07) is 6.01. The molecule has 16 heavy (non-hydrogen) atoms. The molecule has 1 aliphatic carbocycles. The summed E-state index contributed by atoms with van der Waals surface area (Å²) in [6.45, 7) is 3.68. The van der Waals surface area contributed by atoms with Gasteiger partial charge in [0.15, 0.2) is 0 Å². The van der Waals surface area contributed by atoms with Crippen molar-refractivity contribution in [3.05, 3.63) is 22.4 Å². The predicted molar refractivity (Wildman–Crippen MR) is 68.8 cm³/mol. The zero-order chi connectivity index (χ0) is 10.8. The second-order valence-corrected chi connectivity index (χ2v) is 6.13. The summed E-state index contributed by atoms with van der Waals surface area (Å²) in [5.41, 5.74) is 0. The van der Waals surface area contributed by atoms with Gasteiger partial charge in [0.05, 0.1) is 0 Å². The van der Waals surface area contributed by atoms with Crippen LogP contribution in [0.25, 0.3) is 0 Å². The zero-order valence-electron chi connectivity index (χ0n) is 9.69. The molecule has 0 bridgehead atoms. The van der Waals surface area contributed by atoms with E-state index in [1.165, 1.54) is 43.6 Å². The van der Waals surface area contributed by atoms with E-state index in [1.54, 1.807) is 0 Å². The largest absolute Gasteiger partial charge is 0.310 e.